The number of hydrogen-bond acceptors (Lipinski definition) is 4. The number of nitrogens with one attached hydrogen (secondary N) is 1. The number of carbonyl (C=O) groups is 2. The van der Waals surface area contributed by atoms with Crippen LogP contribution in [-0.2, 0) is 32.6 Å². The quantitative estimate of drug-likeness (QED) is 0.213. The van der Waals surface area contributed by atoms with E-state index in [4.69, 9.17) is 0 Å². The van der Waals surface area contributed by atoms with Gasteiger partial charge in [-0.1, -0.05) is 94.3 Å². The monoisotopic (exact) mass is 647 g/mol. The summed E-state index contributed by atoms with van der Waals surface area (Å²) in [5.41, 5.74) is 3.08. The number of likely N-dealkylation sites (N-methyl/N-ethyl adjacent to an activating group) is 1. The van der Waals surface area contributed by atoms with Gasteiger partial charge in [-0.2, -0.15) is 0 Å². The third-order valence-corrected chi connectivity index (χ3v) is 9.10. The van der Waals surface area contributed by atoms with Crippen LogP contribution in [0.2, 0.25) is 0 Å². The lowest BCUT2D eigenvalue weighted by Crippen LogP contribution is -2.53. The Bertz CT molecular complexity index is 1600. The molecule has 0 heterocycles. The smallest absolute Gasteiger partial charge is 0.264 e. The summed E-state index contributed by atoms with van der Waals surface area (Å²) in [5.74, 6) is -0.797. The van der Waals surface area contributed by atoms with Crippen LogP contribution >= 0.6 is 15.9 Å². The third-order valence-electron chi connectivity index (χ3n) is 6.78. The van der Waals surface area contributed by atoms with Crippen LogP contribution in [0.1, 0.15) is 23.6 Å². The van der Waals surface area contributed by atoms with Gasteiger partial charge in [-0.15, -0.1) is 0 Å². The molecule has 2 amide bonds. The van der Waals surface area contributed by atoms with E-state index >= 15 is 0 Å². The summed E-state index contributed by atoms with van der Waals surface area (Å²) >= 11 is 3.40. The summed E-state index contributed by atoms with van der Waals surface area (Å²) in [5, 5.41) is 2.88. The zero-order valence-corrected chi connectivity index (χ0v) is 26.0. The first-order valence-electron chi connectivity index (χ1n) is 13.7. The number of nitrogens with zero attached hydrogens (tertiary/aromatic N) is 2. The maximum atomic E-state index is 14.3. The molecule has 1 N–H and O–H groups in total. The van der Waals surface area contributed by atoms with Crippen molar-refractivity contribution in [2.24, 2.45) is 0 Å². The molecule has 0 spiro atoms. The molecule has 0 aliphatic carbocycles. The number of hydrogen-bond donors (Lipinski definition) is 1. The molecule has 0 bridgehead atoms. The molecule has 4 rings (SSSR count). The largest absolute Gasteiger partial charge is 0.355 e. The van der Waals surface area contributed by atoms with Gasteiger partial charge in [0.1, 0.15) is 12.6 Å². The summed E-state index contributed by atoms with van der Waals surface area (Å²) in [4.78, 5) is 29.4. The molecule has 9 heteroatoms. The van der Waals surface area contributed by atoms with Crippen LogP contribution in [-0.4, -0.2) is 44.3 Å². The molecule has 0 radical (unpaired) electrons. The molecule has 42 heavy (non-hydrogen) atoms. The fourth-order valence-electron chi connectivity index (χ4n) is 4.71. The number of benzene rings is 4. The van der Waals surface area contributed by atoms with Crippen molar-refractivity contribution >= 4 is 43.5 Å². The minimum absolute atomic E-state index is 0.0653. The average molecular weight is 649 g/mol. The van der Waals surface area contributed by atoms with Crippen LogP contribution in [0.15, 0.2) is 119 Å². The number of aryl methyl sites for hydroxylation is 1. The highest BCUT2D eigenvalue weighted by Crippen LogP contribution is 2.26. The fourth-order valence-corrected chi connectivity index (χ4v) is 6.41. The molecular weight excluding hydrogens is 614 g/mol. The summed E-state index contributed by atoms with van der Waals surface area (Å²) in [6.45, 7) is 3.82. The standard InChI is InChI=1S/C33H34BrN3O4S/c1-3-35-33(39)31(22-26-12-6-4-7-13-26)36(23-27-14-10-11-25(2)21-27)32(38)24-37(29-19-17-28(34)18-20-29)42(40,41)30-15-8-5-9-16-30/h4-21,31H,3,22-24H2,1-2H3,(H,35,39)/t31-/m1/s1. The molecule has 0 aliphatic heterocycles. The Morgan fingerprint density at radius 2 is 1.45 bits per heavy atom. The van der Waals surface area contributed by atoms with Gasteiger partial charge in [0.2, 0.25) is 11.8 Å². The van der Waals surface area contributed by atoms with E-state index in [2.05, 4.69) is 21.2 Å². The van der Waals surface area contributed by atoms with E-state index in [1.165, 1.54) is 17.0 Å². The van der Waals surface area contributed by atoms with E-state index in [1.807, 2.05) is 68.4 Å². The summed E-state index contributed by atoms with van der Waals surface area (Å²) < 4.78 is 29.8. The van der Waals surface area contributed by atoms with Gasteiger partial charge in [0.05, 0.1) is 10.6 Å². The molecular formula is C33H34BrN3O4S. The third kappa shape index (κ3) is 7.86. The Morgan fingerprint density at radius 1 is 0.833 bits per heavy atom. The highest BCUT2D eigenvalue weighted by Gasteiger charge is 2.34. The van der Waals surface area contributed by atoms with Gasteiger partial charge >= 0.3 is 0 Å². The normalized spacial score (nSPS) is 11.9. The van der Waals surface area contributed by atoms with Crippen LogP contribution in [0.25, 0.3) is 0 Å². The number of amides is 2. The lowest BCUT2D eigenvalue weighted by atomic mass is 10.0. The minimum atomic E-state index is -4.12. The first-order chi connectivity index (χ1) is 20.2. The maximum Gasteiger partial charge on any atom is 0.264 e. The van der Waals surface area contributed by atoms with Gasteiger partial charge in [-0.3, -0.25) is 13.9 Å². The van der Waals surface area contributed by atoms with Crippen molar-refractivity contribution in [3.63, 3.8) is 0 Å². The van der Waals surface area contributed by atoms with E-state index in [1.54, 1.807) is 42.5 Å². The molecule has 0 saturated carbocycles. The molecule has 0 fully saturated rings. The molecule has 1 atom stereocenters. The van der Waals surface area contributed by atoms with Crippen molar-refractivity contribution in [3.8, 4) is 0 Å². The predicted molar refractivity (Wildman–Crippen MR) is 169 cm³/mol. The number of sulfonamides is 1. The second-order valence-corrected chi connectivity index (χ2v) is 12.7. The van der Waals surface area contributed by atoms with Gasteiger partial charge in [-0.05, 0) is 61.4 Å². The van der Waals surface area contributed by atoms with E-state index in [-0.39, 0.29) is 23.8 Å². The Morgan fingerprint density at radius 3 is 2.07 bits per heavy atom. The van der Waals surface area contributed by atoms with Crippen molar-refractivity contribution in [2.75, 3.05) is 17.4 Å². The second kappa shape index (κ2) is 14.3. The van der Waals surface area contributed by atoms with Crippen molar-refractivity contribution < 1.29 is 18.0 Å². The van der Waals surface area contributed by atoms with Crippen molar-refractivity contribution in [2.45, 2.75) is 37.8 Å². The average Bonchev–Trinajstić information content (AvgIpc) is 2.99. The highest BCUT2D eigenvalue weighted by atomic mass is 79.9. The number of rotatable bonds is 12. The van der Waals surface area contributed by atoms with Crippen molar-refractivity contribution in [1.82, 2.24) is 10.2 Å². The van der Waals surface area contributed by atoms with Gasteiger partial charge in [0.25, 0.3) is 10.0 Å². The van der Waals surface area contributed by atoms with E-state index in [0.29, 0.717) is 12.2 Å². The lowest BCUT2D eigenvalue weighted by molar-refractivity contribution is -0.140. The van der Waals surface area contributed by atoms with Gasteiger partial charge < -0.3 is 10.2 Å². The Balaban J connectivity index is 1.78. The van der Waals surface area contributed by atoms with Crippen LogP contribution in [0.3, 0.4) is 0 Å². The fraction of sp³-hybridized carbons (Fsp3) is 0.212. The predicted octanol–water partition coefficient (Wildman–Crippen LogP) is 5.73. The summed E-state index contributed by atoms with van der Waals surface area (Å²) in [6.07, 6.45) is 0.272. The van der Waals surface area contributed by atoms with Crippen LogP contribution in [0.5, 0.6) is 0 Å². The first kappa shape index (κ1) is 31.0. The molecule has 7 nitrogen and oxygen atoms in total. The minimum Gasteiger partial charge on any atom is -0.355 e. The molecule has 0 aromatic heterocycles. The zero-order chi connectivity index (χ0) is 30.1. The van der Waals surface area contributed by atoms with Gasteiger partial charge in [0, 0.05) is 24.0 Å². The molecule has 218 valence electrons. The Hall–Kier alpha value is -3.95. The first-order valence-corrected chi connectivity index (χ1v) is 15.9. The number of carbonyl (C=O) groups excluding carboxylic acids is 2. The van der Waals surface area contributed by atoms with E-state index in [9.17, 15) is 18.0 Å². The molecule has 0 unspecified atom stereocenters. The summed E-state index contributed by atoms with van der Waals surface area (Å²) in [6, 6.07) is 31.1. The lowest BCUT2D eigenvalue weighted by Gasteiger charge is -2.34. The second-order valence-electron chi connectivity index (χ2n) is 9.91. The molecule has 0 aliphatic rings. The van der Waals surface area contributed by atoms with Crippen molar-refractivity contribution in [3.05, 3.63) is 130 Å². The van der Waals surface area contributed by atoms with Crippen LogP contribution in [0, 0.1) is 6.92 Å². The van der Waals surface area contributed by atoms with Crippen LogP contribution in [0.4, 0.5) is 5.69 Å². The van der Waals surface area contributed by atoms with Crippen molar-refractivity contribution in [1.29, 1.82) is 0 Å². The number of halogens is 1. The highest BCUT2D eigenvalue weighted by molar-refractivity contribution is 9.10. The SMILES string of the molecule is CCNC(=O)[C@@H](Cc1ccccc1)N(Cc1cccc(C)c1)C(=O)CN(c1ccc(Br)cc1)S(=O)(=O)c1ccccc1. The molecule has 4 aromatic rings. The van der Waals surface area contributed by atoms with Gasteiger partial charge in [-0.25, -0.2) is 8.42 Å². The maximum absolute atomic E-state index is 14.3. The van der Waals surface area contributed by atoms with E-state index in [0.717, 1.165) is 25.5 Å². The number of anilines is 1. The van der Waals surface area contributed by atoms with E-state index < -0.39 is 28.5 Å². The topological polar surface area (TPSA) is 86.8 Å². The van der Waals surface area contributed by atoms with Crippen LogP contribution < -0.4 is 9.62 Å². The summed E-state index contributed by atoms with van der Waals surface area (Å²) in [7, 11) is -4.12. The Kier molecular flexibility index (Phi) is 10.5. The van der Waals surface area contributed by atoms with Gasteiger partial charge in [0.15, 0.2) is 0 Å². The molecule has 0 saturated heterocycles. The molecule has 4 aromatic carbocycles. The zero-order valence-electron chi connectivity index (χ0n) is 23.6. The Labute approximate surface area is 256 Å².